The van der Waals surface area contributed by atoms with Crippen LogP contribution in [0.3, 0.4) is 0 Å². The SMILES string of the molecule is CCc1nnc(Nc2cccc(C3CCCN3C(=O)CCc3c[nH]c4ccccc34)n2)s1. The topological polar surface area (TPSA) is 86.8 Å². The first kappa shape index (κ1) is 20.6. The zero-order chi connectivity index (χ0) is 21.9. The van der Waals surface area contributed by atoms with Gasteiger partial charge in [0, 0.05) is 30.1 Å². The lowest BCUT2D eigenvalue weighted by molar-refractivity contribution is -0.132. The van der Waals surface area contributed by atoms with E-state index in [1.165, 1.54) is 22.3 Å². The van der Waals surface area contributed by atoms with Crippen LogP contribution in [-0.4, -0.2) is 37.5 Å². The number of aryl methyl sites for hydroxylation is 2. The molecule has 7 nitrogen and oxygen atoms in total. The summed E-state index contributed by atoms with van der Waals surface area (Å²) >= 11 is 1.54. The maximum absolute atomic E-state index is 13.1. The molecule has 4 aromatic rings. The van der Waals surface area contributed by atoms with Gasteiger partial charge in [-0.1, -0.05) is 42.5 Å². The normalized spacial score (nSPS) is 16.0. The minimum absolute atomic E-state index is 0.0211. The average Bonchev–Trinajstić information content (AvgIpc) is 3.57. The van der Waals surface area contributed by atoms with Gasteiger partial charge in [-0.2, -0.15) is 0 Å². The summed E-state index contributed by atoms with van der Waals surface area (Å²) in [5, 5.41) is 14.5. The van der Waals surface area contributed by atoms with Crippen molar-refractivity contribution < 1.29 is 4.79 Å². The average molecular weight is 447 g/mol. The van der Waals surface area contributed by atoms with Gasteiger partial charge in [0.25, 0.3) is 0 Å². The monoisotopic (exact) mass is 446 g/mol. The summed E-state index contributed by atoms with van der Waals surface area (Å²) in [6.07, 6.45) is 6.06. The van der Waals surface area contributed by atoms with Gasteiger partial charge < -0.3 is 15.2 Å². The van der Waals surface area contributed by atoms with Gasteiger partial charge in [-0.05, 0) is 49.4 Å². The standard InChI is InChI=1S/C24H26N6OS/c1-2-22-28-29-24(32-22)27-21-11-5-9-19(26-21)20-10-6-14-30(20)23(31)13-12-16-15-25-18-8-4-3-7-17(16)18/h3-5,7-9,11,15,20,25H,2,6,10,12-14H2,1H3,(H,26,27,29). The fourth-order valence-electron chi connectivity index (χ4n) is 4.36. The van der Waals surface area contributed by atoms with E-state index in [4.69, 9.17) is 4.98 Å². The third kappa shape index (κ3) is 4.23. The first-order valence-corrected chi connectivity index (χ1v) is 11.9. The molecule has 1 aliphatic rings. The van der Waals surface area contributed by atoms with Crippen LogP contribution in [0.4, 0.5) is 10.9 Å². The summed E-state index contributed by atoms with van der Waals surface area (Å²) < 4.78 is 0. The van der Waals surface area contributed by atoms with Crippen molar-refractivity contribution >= 4 is 39.1 Å². The lowest BCUT2D eigenvalue weighted by Gasteiger charge is -2.24. The molecule has 1 aromatic carbocycles. The molecular formula is C24H26N6OS. The van der Waals surface area contributed by atoms with Crippen molar-refractivity contribution in [1.82, 2.24) is 25.1 Å². The number of benzene rings is 1. The Bertz CT molecular complexity index is 1230. The summed E-state index contributed by atoms with van der Waals surface area (Å²) in [6, 6.07) is 14.2. The van der Waals surface area contributed by atoms with Crippen molar-refractivity contribution in [2.75, 3.05) is 11.9 Å². The van der Waals surface area contributed by atoms with Crippen molar-refractivity contribution in [1.29, 1.82) is 0 Å². The number of carbonyl (C=O) groups is 1. The summed E-state index contributed by atoms with van der Waals surface area (Å²) in [4.78, 5) is 23.2. The number of pyridine rings is 1. The van der Waals surface area contributed by atoms with Crippen LogP contribution in [0.5, 0.6) is 0 Å². The van der Waals surface area contributed by atoms with Gasteiger partial charge in [0.15, 0.2) is 0 Å². The van der Waals surface area contributed by atoms with E-state index in [0.717, 1.165) is 59.4 Å². The summed E-state index contributed by atoms with van der Waals surface area (Å²) in [6.45, 7) is 2.85. The van der Waals surface area contributed by atoms with Crippen LogP contribution in [0.25, 0.3) is 10.9 Å². The highest BCUT2D eigenvalue weighted by molar-refractivity contribution is 7.15. The van der Waals surface area contributed by atoms with Gasteiger partial charge in [0.2, 0.25) is 11.0 Å². The Hall–Kier alpha value is -3.26. The zero-order valence-electron chi connectivity index (χ0n) is 18.0. The van der Waals surface area contributed by atoms with Gasteiger partial charge in [0.1, 0.15) is 10.8 Å². The second-order valence-electron chi connectivity index (χ2n) is 8.03. The summed E-state index contributed by atoms with van der Waals surface area (Å²) in [7, 11) is 0. The number of nitrogens with zero attached hydrogens (tertiary/aromatic N) is 4. The molecule has 1 atom stereocenters. The fraction of sp³-hybridized carbons (Fsp3) is 0.333. The molecule has 1 saturated heterocycles. The predicted molar refractivity (Wildman–Crippen MR) is 127 cm³/mol. The molecule has 164 valence electrons. The first-order valence-electron chi connectivity index (χ1n) is 11.1. The number of fused-ring (bicyclic) bond motifs is 1. The molecule has 3 aromatic heterocycles. The summed E-state index contributed by atoms with van der Waals surface area (Å²) in [5.74, 6) is 0.925. The van der Waals surface area contributed by atoms with E-state index in [1.54, 1.807) is 0 Å². The number of para-hydroxylation sites is 1. The molecule has 32 heavy (non-hydrogen) atoms. The number of nitrogens with one attached hydrogen (secondary N) is 2. The van der Waals surface area contributed by atoms with Crippen LogP contribution in [0.15, 0.2) is 48.7 Å². The van der Waals surface area contributed by atoms with E-state index >= 15 is 0 Å². The first-order chi connectivity index (χ1) is 15.7. The van der Waals surface area contributed by atoms with E-state index in [0.29, 0.717) is 6.42 Å². The minimum atomic E-state index is 0.0211. The number of hydrogen-bond donors (Lipinski definition) is 2. The van der Waals surface area contributed by atoms with Crippen molar-refractivity contribution in [3.63, 3.8) is 0 Å². The lowest BCUT2D eigenvalue weighted by atomic mass is 10.1. The van der Waals surface area contributed by atoms with E-state index < -0.39 is 0 Å². The smallest absolute Gasteiger partial charge is 0.223 e. The molecule has 1 aliphatic heterocycles. The van der Waals surface area contributed by atoms with E-state index in [-0.39, 0.29) is 11.9 Å². The molecule has 1 amide bonds. The van der Waals surface area contributed by atoms with Crippen molar-refractivity contribution in [2.24, 2.45) is 0 Å². The van der Waals surface area contributed by atoms with Crippen molar-refractivity contribution in [3.05, 3.63) is 64.9 Å². The van der Waals surface area contributed by atoms with Crippen LogP contribution in [0, 0.1) is 0 Å². The molecule has 0 saturated carbocycles. The third-order valence-corrected chi connectivity index (χ3v) is 6.96. The van der Waals surface area contributed by atoms with Gasteiger partial charge in [-0.15, -0.1) is 10.2 Å². The van der Waals surface area contributed by atoms with Crippen molar-refractivity contribution in [2.45, 2.75) is 45.1 Å². The number of likely N-dealkylation sites (tertiary alicyclic amines) is 1. The van der Waals surface area contributed by atoms with Gasteiger partial charge in [-0.3, -0.25) is 4.79 Å². The Kier molecular flexibility index (Phi) is 5.85. The quantitative estimate of drug-likeness (QED) is 0.416. The fourth-order valence-corrected chi connectivity index (χ4v) is 5.05. The highest BCUT2D eigenvalue weighted by Crippen LogP contribution is 2.33. The number of aromatic nitrogens is 4. The van der Waals surface area contributed by atoms with Gasteiger partial charge in [0.05, 0.1) is 11.7 Å². The Labute approximate surface area is 190 Å². The zero-order valence-corrected chi connectivity index (χ0v) is 18.9. The van der Waals surface area contributed by atoms with Crippen LogP contribution in [-0.2, 0) is 17.6 Å². The number of anilines is 2. The van der Waals surface area contributed by atoms with E-state index in [2.05, 4.69) is 39.6 Å². The molecule has 1 unspecified atom stereocenters. The van der Waals surface area contributed by atoms with E-state index in [1.807, 2.05) is 41.4 Å². The Balaban J connectivity index is 1.27. The highest BCUT2D eigenvalue weighted by atomic mass is 32.1. The maximum Gasteiger partial charge on any atom is 0.223 e. The predicted octanol–water partition coefficient (Wildman–Crippen LogP) is 5.02. The summed E-state index contributed by atoms with van der Waals surface area (Å²) in [5.41, 5.74) is 3.23. The Morgan fingerprint density at radius 3 is 3.00 bits per heavy atom. The number of H-pyrrole nitrogens is 1. The minimum Gasteiger partial charge on any atom is -0.361 e. The van der Waals surface area contributed by atoms with Crippen LogP contribution < -0.4 is 5.32 Å². The molecule has 5 rings (SSSR count). The van der Waals surface area contributed by atoms with Crippen LogP contribution in [0.1, 0.15) is 48.5 Å². The number of hydrogen-bond acceptors (Lipinski definition) is 6. The maximum atomic E-state index is 13.1. The molecule has 0 radical (unpaired) electrons. The van der Waals surface area contributed by atoms with Crippen molar-refractivity contribution in [3.8, 4) is 0 Å². The molecule has 4 heterocycles. The second kappa shape index (κ2) is 9.08. The Morgan fingerprint density at radius 1 is 1.22 bits per heavy atom. The molecular weight excluding hydrogens is 420 g/mol. The van der Waals surface area contributed by atoms with E-state index in [9.17, 15) is 4.79 Å². The van der Waals surface area contributed by atoms with Crippen LogP contribution >= 0.6 is 11.3 Å². The molecule has 0 aliphatic carbocycles. The van der Waals surface area contributed by atoms with Gasteiger partial charge in [-0.25, -0.2) is 4.98 Å². The second-order valence-corrected chi connectivity index (χ2v) is 9.09. The van der Waals surface area contributed by atoms with Crippen LogP contribution in [0.2, 0.25) is 0 Å². The molecule has 2 N–H and O–H groups in total. The molecule has 0 spiro atoms. The molecule has 0 bridgehead atoms. The highest BCUT2D eigenvalue weighted by Gasteiger charge is 2.30. The molecule has 8 heteroatoms. The molecule has 1 fully saturated rings. The van der Waals surface area contributed by atoms with Gasteiger partial charge >= 0.3 is 0 Å². The third-order valence-electron chi connectivity index (χ3n) is 5.97. The number of aromatic amines is 1. The number of rotatable bonds is 7. The number of carbonyl (C=O) groups excluding carboxylic acids is 1. The number of amides is 1. The lowest BCUT2D eigenvalue weighted by Crippen LogP contribution is -2.31. The largest absolute Gasteiger partial charge is 0.361 e. The Morgan fingerprint density at radius 2 is 2.12 bits per heavy atom.